The van der Waals surface area contributed by atoms with Gasteiger partial charge in [0.25, 0.3) is 0 Å². The highest BCUT2D eigenvalue weighted by atomic mass is 16.4. The number of aliphatic carboxylic acids is 2. The molecule has 0 fully saturated rings. The summed E-state index contributed by atoms with van der Waals surface area (Å²) in [7, 11) is 0. The van der Waals surface area contributed by atoms with Gasteiger partial charge in [-0.15, -0.1) is 0 Å². The van der Waals surface area contributed by atoms with Gasteiger partial charge in [-0.2, -0.15) is 0 Å². The van der Waals surface area contributed by atoms with Crippen LogP contribution in [0.25, 0.3) is 0 Å². The second kappa shape index (κ2) is 4.95. The molecule has 0 heterocycles. The van der Waals surface area contributed by atoms with Crippen molar-refractivity contribution in [3.05, 3.63) is 24.0 Å². The molecular formula is C7H6O5-2. The molecule has 0 aliphatic heterocycles. The Bertz CT molecular complexity index is 238. The van der Waals surface area contributed by atoms with Crippen LogP contribution in [0.15, 0.2) is 24.0 Å². The van der Waals surface area contributed by atoms with Crippen LogP contribution in [0.2, 0.25) is 0 Å². The lowest BCUT2D eigenvalue weighted by Crippen LogP contribution is -2.20. The minimum Gasteiger partial charge on any atom is -0.868 e. The SMILES string of the molecule is O=C([O-])C/C=C\C=C(/[O-])C(=O)O. The zero-order valence-corrected chi connectivity index (χ0v) is 6.02. The molecule has 0 aliphatic carbocycles. The lowest BCUT2D eigenvalue weighted by Gasteiger charge is -2.01. The van der Waals surface area contributed by atoms with Gasteiger partial charge in [0.1, 0.15) is 0 Å². The van der Waals surface area contributed by atoms with Crippen LogP contribution in [-0.4, -0.2) is 17.0 Å². The Hall–Kier alpha value is -1.78. The first-order chi connectivity index (χ1) is 5.54. The van der Waals surface area contributed by atoms with Crippen LogP contribution in [0.3, 0.4) is 0 Å². The maximum absolute atomic E-state index is 10.3. The standard InChI is InChI=1S/C7H8O5/c8-5(7(11)12)3-1-2-4-6(9)10/h1-3,8H,4H2,(H,9,10)(H,11,12)/p-2/b2-1-,5-3-. The fraction of sp³-hybridized carbons (Fsp3) is 0.143. The number of carboxylic acids is 2. The second-order valence-corrected chi connectivity index (χ2v) is 1.84. The zero-order valence-electron chi connectivity index (χ0n) is 6.02. The monoisotopic (exact) mass is 170 g/mol. The summed E-state index contributed by atoms with van der Waals surface area (Å²) in [4.78, 5) is 19.7. The Kier molecular flexibility index (Phi) is 4.21. The molecule has 12 heavy (non-hydrogen) atoms. The number of hydrogen-bond donors (Lipinski definition) is 1. The maximum Gasteiger partial charge on any atom is 0.320 e. The van der Waals surface area contributed by atoms with Crippen molar-refractivity contribution in [2.45, 2.75) is 6.42 Å². The summed E-state index contributed by atoms with van der Waals surface area (Å²) >= 11 is 0. The van der Waals surface area contributed by atoms with Gasteiger partial charge in [-0.1, -0.05) is 18.2 Å². The van der Waals surface area contributed by atoms with Gasteiger partial charge in [0.15, 0.2) is 0 Å². The van der Waals surface area contributed by atoms with Gasteiger partial charge in [0.2, 0.25) is 0 Å². The first-order valence-electron chi connectivity index (χ1n) is 3.01. The third-order valence-electron chi connectivity index (χ3n) is 0.879. The van der Waals surface area contributed by atoms with Crippen molar-refractivity contribution in [3.63, 3.8) is 0 Å². The summed E-state index contributed by atoms with van der Waals surface area (Å²) in [6, 6.07) is 0. The zero-order chi connectivity index (χ0) is 9.56. The van der Waals surface area contributed by atoms with Crippen LogP contribution >= 0.6 is 0 Å². The summed E-state index contributed by atoms with van der Waals surface area (Å²) < 4.78 is 0. The molecule has 0 radical (unpaired) electrons. The Morgan fingerprint density at radius 3 is 2.33 bits per heavy atom. The average molecular weight is 170 g/mol. The van der Waals surface area contributed by atoms with E-state index < -0.39 is 17.7 Å². The molecule has 5 heteroatoms. The van der Waals surface area contributed by atoms with Crippen molar-refractivity contribution >= 4 is 11.9 Å². The lowest BCUT2D eigenvalue weighted by molar-refractivity contribution is -0.304. The molecule has 0 atom stereocenters. The average Bonchev–Trinajstić information content (AvgIpc) is 1.97. The maximum atomic E-state index is 10.3. The van der Waals surface area contributed by atoms with E-state index in [1.165, 1.54) is 0 Å². The summed E-state index contributed by atoms with van der Waals surface area (Å²) in [5.41, 5.74) is 0. The molecule has 0 unspecified atom stereocenters. The van der Waals surface area contributed by atoms with E-state index in [0.29, 0.717) is 0 Å². The molecule has 0 aromatic heterocycles. The normalized spacial score (nSPS) is 11.8. The van der Waals surface area contributed by atoms with Crippen molar-refractivity contribution in [2.24, 2.45) is 0 Å². The van der Waals surface area contributed by atoms with Crippen molar-refractivity contribution in [1.29, 1.82) is 0 Å². The highest BCUT2D eigenvalue weighted by molar-refractivity contribution is 5.83. The fourth-order valence-electron chi connectivity index (χ4n) is 0.391. The van der Waals surface area contributed by atoms with E-state index in [1.807, 2.05) is 0 Å². The van der Waals surface area contributed by atoms with E-state index in [-0.39, 0.29) is 6.42 Å². The van der Waals surface area contributed by atoms with E-state index in [4.69, 9.17) is 5.11 Å². The Morgan fingerprint density at radius 1 is 1.33 bits per heavy atom. The first kappa shape index (κ1) is 10.2. The summed E-state index contributed by atoms with van der Waals surface area (Å²) in [5, 5.41) is 28.2. The molecular weight excluding hydrogens is 164 g/mol. The van der Waals surface area contributed by atoms with Crippen LogP contribution in [0.5, 0.6) is 0 Å². The molecule has 0 saturated carbocycles. The van der Waals surface area contributed by atoms with Gasteiger partial charge in [-0.05, 0) is 5.76 Å². The molecule has 0 spiro atoms. The molecule has 66 valence electrons. The summed E-state index contributed by atoms with van der Waals surface area (Å²) in [6.45, 7) is 0. The smallest absolute Gasteiger partial charge is 0.320 e. The van der Waals surface area contributed by atoms with E-state index >= 15 is 0 Å². The second-order valence-electron chi connectivity index (χ2n) is 1.84. The number of rotatable bonds is 4. The van der Waals surface area contributed by atoms with Gasteiger partial charge in [-0.25, -0.2) is 4.79 Å². The minimum absolute atomic E-state index is 0.344. The number of carbonyl (C=O) groups excluding carboxylic acids is 1. The van der Waals surface area contributed by atoms with Crippen molar-refractivity contribution in [2.75, 3.05) is 0 Å². The van der Waals surface area contributed by atoms with E-state index in [1.54, 1.807) is 0 Å². The third-order valence-corrected chi connectivity index (χ3v) is 0.879. The highest BCUT2D eigenvalue weighted by Gasteiger charge is 1.88. The number of allylic oxidation sites excluding steroid dienone is 2. The predicted octanol–water partition coefficient (Wildman–Crippen LogP) is -1.99. The van der Waals surface area contributed by atoms with E-state index in [0.717, 1.165) is 18.2 Å². The quantitative estimate of drug-likeness (QED) is 0.299. The molecule has 5 nitrogen and oxygen atoms in total. The molecule has 0 aromatic rings. The minimum atomic E-state index is -1.58. The first-order valence-corrected chi connectivity index (χ1v) is 3.01. The largest absolute Gasteiger partial charge is 0.868 e. The van der Waals surface area contributed by atoms with Gasteiger partial charge < -0.3 is 20.1 Å². The summed E-state index contributed by atoms with van der Waals surface area (Å²) in [6.07, 6.45) is 2.61. The Labute approximate surface area is 68.3 Å². The molecule has 0 saturated heterocycles. The van der Waals surface area contributed by atoms with Crippen molar-refractivity contribution < 1.29 is 24.9 Å². The molecule has 1 N–H and O–H groups in total. The fourth-order valence-corrected chi connectivity index (χ4v) is 0.391. The van der Waals surface area contributed by atoms with Crippen LogP contribution < -0.4 is 10.2 Å². The molecule has 0 aliphatic rings. The van der Waals surface area contributed by atoms with E-state index in [9.17, 15) is 19.8 Å². The van der Waals surface area contributed by atoms with Gasteiger partial charge >= 0.3 is 5.97 Å². The Balaban J connectivity index is 3.95. The summed E-state index contributed by atoms with van der Waals surface area (Å²) in [5.74, 6) is -3.96. The molecule has 0 amide bonds. The number of hydrogen-bond acceptors (Lipinski definition) is 4. The van der Waals surface area contributed by atoms with Crippen LogP contribution in [-0.2, 0) is 9.59 Å². The highest BCUT2D eigenvalue weighted by Crippen LogP contribution is 1.86. The van der Waals surface area contributed by atoms with Crippen LogP contribution in [0, 0.1) is 0 Å². The van der Waals surface area contributed by atoms with Gasteiger partial charge in [0.05, 0.1) is 0 Å². The third kappa shape index (κ3) is 5.04. The van der Waals surface area contributed by atoms with Crippen molar-refractivity contribution in [1.82, 2.24) is 0 Å². The van der Waals surface area contributed by atoms with Gasteiger partial charge in [0, 0.05) is 12.4 Å². The van der Waals surface area contributed by atoms with Crippen molar-refractivity contribution in [3.8, 4) is 0 Å². The Morgan fingerprint density at radius 2 is 1.92 bits per heavy atom. The topological polar surface area (TPSA) is 100 Å². The lowest BCUT2D eigenvalue weighted by atomic mass is 10.3. The number of carbonyl (C=O) groups is 2. The number of carboxylic acid groups (broad SMARTS) is 2. The molecule has 0 bridgehead atoms. The van der Waals surface area contributed by atoms with Gasteiger partial charge in [-0.3, -0.25) is 0 Å². The molecule has 0 aromatic carbocycles. The van der Waals surface area contributed by atoms with Crippen LogP contribution in [0.1, 0.15) is 6.42 Å². The van der Waals surface area contributed by atoms with Crippen LogP contribution in [0.4, 0.5) is 0 Å². The molecule has 0 rings (SSSR count). The predicted molar refractivity (Wildman–Crippen MR) is 34.5 cm³/mol. The van der Waals surface area contributed by atoms with E-state index in [2.05, 4.69) is 0 Å².